The molecule has 0 aromatic carbocycles. The number of thiocarbonyl (C=S) groups is 1. The minimum Gasteiger partial charge on any atom is -0.479 e. The number of carbonyl (C=O) groups is 1. The Labute approximate surface area is 120 Å². The fourth-order valence-electron chi connectivity index (χ4n) is 1.19. The van der Waals surface area contributed by atoms with E-state index in [2.05, 4.69) is 21.1 Å². The molecule has 0 spiro atoms. The molecule has 0 amide bonds. The highest BCUT2D eigenvalue weighted by molar-refractivity contribution is 8.23. The van der Waals surface area contributed by atoms with Gasteiger partial charge in [-0.15, -0.1) is 0 Å². The number of ether oxygens (including phenoxy) is 2. The number of rotatable bonds is 8. The van der Waals surface area contributed by atoms with Gasteiger partial charge in [0.15, 0.2) is 0 Å². The van der Waals surface area contributed by atoms with Gasteiger partial charge in [-0.3, -0.25) is 4.79 Å². The van der Waals surface area contributed by atoms with Gasteiger partial charge in [0, 0.05) is 0 Å². The fraction of sp³-hybridized carbons (Fsp3) is 0.833. The number of esters is 1. The van der Waals surface area contributed by atoms with Crippen molar-refractivity contribution in [1.29, 1.82) is 0 Å². The Hall–Kier alpha value is -0.330. The van der Waals surface area contributed by atoms with Crippen LogP contribution in [0.2, 0.25) is 0 Å². The van der Waals surface area contributed by atoms with Crippen LogP contribution in [0.3, 0.4) is 0 Å². The Morgan fingerprint density at radius 2 is 1.89 bits per heavy atom. The molecule has 106 valence electrons. The van der Waals surface area contributed by atoms with Crippen molar-refractivity contribution in [3.05, 3.63) is 0 Å². The first-order valence-electron chi connectivity index (χ1n) is 6.11. The second kappa shape index (κ2) is 9.58. The molecule has 0 radical (unpaired) electrons. The van der Waals surface area contributed by atoms with E-state index in [4.69, 9.17) is 21.7 Å². The van der Waals surface area contributed by atoms with E-state index in [0.717, 1.165) is 23.9 Å². The Bertz CT molecular complexity index is 265. The van der Waals surface area contributed by atoms with E-state index in [9.17, 15) is 4.79 Å². The molecule has 0 aromatic heterocycles. The lowest BCUT2D eigenvalue weighted by atomic mass is 10.3. The van der Waals surface area contributed by atoms with Gasteiger partial charge in [0.25, 0.3) is 0 Å². The standard InChI is InChI=1S/C12H24NO3S2/c1-5-15-12(17)18-10-11(14)16-9-7-6-8-13(2,3)4/h5-10H2,1-4H3/q+1. The van der Waals surface area contributed by atoms with Gasteiger partial charge in [-0.2, -0.15) is 0 Å². The highest BCUT2D eigenvalue weighted by atomic mass is 32.2. The normalized spacial score (nSPS) is 11.1. The average molecular weight is 294 g/mol. The molecule has 0 aliphatic rings. The van der Waals surface area contributed by atoms with Crippen molar-refractivity contribution in [2.24, 2.45) is 0 Å². The lowest BCUT2D eigenvalue weighted by Gasteiger charge is -2.23. The van der Waals surface area contributed by atoms with Crippen molar-refractivity contribution in [3.8, 4) is 0 Å². The summed E-state index contributed by atoms with van der Waals surface area (Å²) in [7, 11) is 6.45. The smallest absolute Gasteiger partial charge is 0.316 e. The number of carbonyl (C=O) groups excluding carboxylic acids is 1. The van der Waals surface area contributed by atoms with Crippen LogP contribution < -0.4 is 0 Å². The van der Waals surface area contributed by atoms with Crippen molar-refractivity contribution < 1.29 is 18.8 Å². The van der Waals surface area contributed by atoms with Gasteiger partial charge in [-0.1, -0.05) is 11.8 Å². The van der Waals surface area contributed by atoms with Crippen LogP contribution in [-0.4, -0.2) is 61.5 Å². The Morgan fingerprint density at radius 3 is 2.44 bits per heavy atom. The topological polar surface area (TPSA) is 35.5 Å². The fourth-order valence-corrected chi connectivity index (χ4v) is 2.01. The summed E-state index contributed by atoms with van der Waals surface area (Å²) >= 11 is 6.11. The molecule has 0 saturated carbocycles. The van der Waals surface area contributed by atoms with E-state index in [1.807, 2.05) is 6.92 Å². The third-order valence-corrected chi connectivity index (χ3v) is 3.26. The summed E-state index contributed by atoms with van der Waals surface area (Å²) < 4.78 is 11.5. The van der Waals surface area contributed by atoms with Crippen molar-refractivity contribution in [3.63, 3.8) is 0 Å². The van der Waals surface area contributed by atoms with Crippen molar-refractivity contribution in [1.82, 2.24) is 0 Å². The number of thioether (sulfide) groups is 1. The Balaban J connectivity index is 3.46. The molecule has 0 heterocycles. The molecular formula is C12H24NO3S2+. The van der Waals surface area contributed by atoms with E-state index >= 15 is 0 Å². The first-order chi connectivity index (χ1) is 8.35. The molecule has 0 unspecified atom stereocenters. The summed E-state index contributed by atoms with van der Waals surface area (Å²) in [6.07, 6.45) is 1.96. The van der Waals surface area contributed by atoms with E-state index in [-0.39, 0.29) is 11.7 Å². The van der Waals surface area contributed by atoms with Crippen LogP contribution >= 0.6 is 24.0 Å². The first kappa shape index (κ1) is 17.7. The third kappa shape index (κ3) is 12.1. The molecule has 0 rings (SSSR count). The molecule has 0 saturated heterocycles. The molecule has 0 atom stereocenters. The summed E-state index contributed by atoms with van der Waals surface area (Å²) in [5.74, 6) is 0.000974. The average Bonchev–Trinajstić information content (AvgIpc) is 2.25. The van der Waals surface area contributed by atoms with Crippen LogP contribution in [0.15, 0.2) is 0 Å². The monoisotopic (exact) mass is 294 g/mol. The molecule has 18 heavy (non-hydrogen) atoms. The van der Waals surface area contributed by atoms with Gasteiger partial charge >= 0.3 is 5.97 Å². The quantitative estimate of drug-likeness (QED) is 0.296. The third-order valence-electron chi connectivity index (χ3n) is 2.06. The van der Waals surface area contributed by atoms with E-state index in [0.29, 0.717) is 17.6 Å². The number of unbranched alkanes of at least 4 members (excludes halogenated alkanes) is 1. The maximum absolute atomic E-state index is 11.3. The minimum atomic E-state index is -0.229. The van der Waals surface area contributed by atoms with Crippen molar-refractivity contribution >= 4 is 34.3 Å². The van der Waals surface area contributed by atoms with Crippen LogP contribution in [0.1, 0.15) is 19.8 Å². The predicted octanol–water partition coefficient (Wildman–Crippen LogP) is 2.07. The van der Waals surface area contributed by atoms with Gasteiger partial charge in [-0.25, -0.2) is 0 Å². The molecule has 0 aliphatic carbocycles. The second-order valence-electron chi connectivity index (χ2n) is 4.91. The second-order valence-corrected chi connectivity index (χ2v) is 6.49. The lowest BCUT2D eigenvalue weighted by Crippen LogP contribution is -2.35. The summed E-state index contributed by atoms with van der Waals surface area (Å²) in [4.78, 5) is 11.3. The van der Waals surface area contributed by atoms with E-state index < -0.39 is 0 Å². The van der Waals surface area contributed by atoms with Gasteiger partial charge in [0.2, 0.25) is 4.38 Å². The van der Waals surface area contributed by atoms with Gasteiger partial charge in [-0.05, 0) is 32.0 Å². The molecule has 0 N–H and O–H groups in total. The summed E-state index contributed by atoms with van der Waals surface area (Å²) in [6, 6.07) is 0. The van der Waals surface area contributed by atoms with Crippen LogP contribution in [0.5, 0.6) is 0 Å². The molecule has 0 aromatic rings. The highest BCUT2D eigenvalue weighted by Gasteiger charge is 2.08. The van der Waals surface area contributed by atoms with Crippen LogP contribution in [0.25, 0.3) is 0 Å². The zero-order valence-electron chi connectivity index (χ0n) is 11.7. The maximum atomic E-state index is 11.3. The molecule has 0 fully saturated rings. The lowest BCUT2D eigenvalue weighted by molar-refractivity contribution is -0.870. The number of quaternary nitrogens is 1. The molecule has 0 aliphatic heterocycles. The highest BCUT2D eigenvalue weighted by Crippen LogP contribution is 2.06. The summed E-state index contributed by atoms with van der Waals surface area (Å²) in [6.45, 7) is 3.96. The van der Waals surface area contributed by atoms with Crippen LogP contribution in [0, 0.1) is 0 Å². The minimum absolute atomic E-state index is 0.229. The van der Waals surface area contributed by atoms with Gasteiger partial charge in [0.05, 0.1) is 46.7 Å². The van der Waals surface area contributed by atoms with E-state index in [1.165, 1.54) is 11.8 Å². The Kier molecular flexibility index (Phi) is 9.40. The van der Waals surface area contributed by atoms with Crippen molar-refractivity contribution in [2.45, 2.75) is 19.8 Å². The largest absolute Gasteiger partial charge is 0.479 e. The zero-order valence-corrected chi connectivity index (χ0v) is 13.4. The molecular weight excluding hydrogens is 270 g/mol. The van der Waals surface area contributed by atoms with E-state index in [1.54, 1.807) is 0 Å². The zero-order chi connectivity index (χ0) is 14.0. The maximum Gasteiger partial charge on any atom is 0.316 e. The number of hydrogen-bond acceptors (Lipinski definition) is 5. The number of hydrogen-bond donors (Lipinski definition) is 0. The van der Waals surface area contributed by atoms with Crippen molar-refractivity contribution in [2.75, 3.05) is 46.7 Å². The predicted molar refractivity (Wildman–Crippen MR) is 79.8 cm³/mol. The van der Waals surface area contributed by atoms with Gasteiger partial charge < -0.3 is 14.0 Å². The first-order valence-corrected chi connectivity index (χ1v) is 7.50. The Morgan fingerprint density at radius 1 is 1.22 bits per heavy atom. The number of nitrogens with zero attached hydrogens (tertiary/aromatic N) is 1. The SMILES string of the molecule is CCOC(=S)SCC(=O)OCCCC[N+](C)(C)C. The molecule has 6 heteroatoms. The van der Waals surface area contributed by atoms with Crippen LogP contribution in [0.4, 0.5) is 0 Å². The van der Waals surface area contributed by atoms with Gasteiger partial charge in [0.1, 0.15) is 0 Å². The van der Waals surface area contributed by atoms with Crippen LogP contribution in [-0.2, 0) is 14.3 Å². The molecule has 4 nitrogen and oxygen atoms in total. The summed E-state index contributed by atoms with van der Waals surface area (Å²) in [5, 5.41) is 0. The molecule has 0 bridgehead atoms. The summed E-state index contributed by atoms with van der Waals surface area (Å²) in [5.41, 5.74) is 0.